The van der Waals surface area contributed by atoms with Gasteiger partial charge in [-0.15, -0.1) is 0 Å². The van der Waals surface area contributed by atoms with E-state index in [4.69, 9.17) is 9.47 Å². The molecule has 0 saturated carbocycles. The molecule has 1 aromatic rings. The highest BCUT2D eigenvalue weighted by Gasteiger charge is 2.60. The van der Waals surface area contributed by atoms with Gasteiger partial charge in [0.25, 0.3) is 0 Å². The monoisotopic (exact) mass is 226 g/mol. The minimum absolute atomic E-state index is 0.256. The van der Waals surface area contributed by atoms with Gasteiger partial charge in [-0.1, -0.05) is 0 Å². The van der Waals surface area contributed by atoms with Crippen LogP contribution in [0.2, 0.25) is 0 Å². The van der Waals surface area contributed by atoms with Gasteiger partial charge in [0, 0.05) is 7.05 Å². The first-order valence-corrected chi connectivity index (χ1v) is 5.08. The zero-order valence-electron chi connectivity index (χ0n) is 8.99. The maximum atomic E-state index is 14.0. The number of nitrogens with zero attached hydrogens (tertiary/aromatic N) is 2. The summed E-state index contributed by atoms with van der Waals surface area (Å²) < 4.78 is 26.1. The van der Waals surface area contributed by atoms with Crippen molar-refractivity contribution in [3.63, 3.8) is 0 Å². The average Bonchev–Trinajstić information content (AvgIpc) is 2.86. The van der Waals surface area contributed by atoms with Crippen molar-refractivity contribution in [3.8, 4) is 0 Å². The number of ether oxygens (including phenoxy) is 2. The molecule has 5 nitrogen and oxygen atoms in total. The Morgan fingerprint density at radius 3 is 2.75 bits per heavy atom. The summed E-state index contributed by atoms with van der Waals surface area (Å²) in [5.74, 6) is -2.15. The molecule has 1 unspecified atom stereocenters. The third-order valence-corrected chi connectivity index (χ3v) is 3.08. The number of fused-ring (bicyclic) bond motifs is 2. The zero-order chi connectivity index (χ0) is 11.5. The van der Waals surface area contributed by atoms with Crippen LogP contribution >= 0.6 is 0 Å². The average molecular weight is 226 g/mol. The third-order valence-electron chi connectivity index (χ3n) is 3.08. The molecule has 1 aliphatic heterocycles. The minimum Gasteiger partial charge on any atom is -0.341 e. The molecule has 16 heavy (non-hydrogen) atoms. The van der Waals surface area contributed by atoms with Crippen LogP contribution in [0.5, 0.6) is 0 Å². The standard InChI is InChI=1S/C10H11FN2O3/c1-5-6-7(13(2)12-5)8(14)9(11)10(6)15-3-4-16-10/h9H,3-4H2,1-2H3. The Morgan fingerprint density at radius 2 is 2.12 bits per heavy atom. The molecule has 1 aliphatic carbocycles. The molecule has 1 saturated heterocycles. The Labute approximate surface area is 91.1 Å². The molecular formula is C10H11FN2O3. The highest BCUT2D eigenvalue weighted by molar-refractivity contribution is 6.04. The van der Waals surface area contributed by atoms with Crippen LogP contribution in [-0.4, -0.2) is 34.9 Å². The number of aryl methyl sites for hydroxylation is 2. The van der Waals surface area contributed by atoms with Gasteiger partial charge in [0.2, 0.25) is 17.7 Å². The topological polar surface area (TPSA) is 53.4 Å². The Bertz CT molecular complexity index is 477. The molecule has 0 N–H and O–H groups in total. The van der Waals surface area contributed by atoms with Gasteiger partial charge in [-0.2, -0.15) is 5.10 Å². The minimum atomic E-state index is -1.78. The van der Waals surface area contributed by atoms with Crippen molar-refractivity contribution in [1.82, 2.24) is 9.78 Å². The zero-order valence-corrected chi connectivity index (χ0v) is 8.99. The van der Waals surface area contributed by atoms with Crippen LogP contribution < -0.4 is 0 Å². The van der Waals surface area contributed by atoms with Gasteiger partial charge in [-0.3, -0.25) is 9.48 Å². The first kappa shape index (κ1) is 9.92. The van der Waals surface area contributed by atoms with E-state index in [1.54, 1.807) is 14.0 Å². The Hall–Kier alpha value is -1.27. The summed E-state index contributed by atoms with van der Waals surface area (Å²) >= 11 is 0. The fourth-order valence-electron chi connectivity index (χ4n) is 2.50. The van der Waals surface area contributed by atoms with Crippen molar-refractivity contribution in [2.24, 2.45) is 7.05 Å². The highest BCUT2D eigenvalue weighted by Crippen LogP contribution is 2.46. The van der Waals surface area contributed by atoms with Crippen molar-refractivity contribution >= 4 is 5.78 Å². The summed E-state index contributed by atoms with van der Waals surface area (Å²) in [5.41, 5.74) is 1.28. The second-order valence-corrected chi connectivity index (χ2v) is 4.02. The summed E-state index contributed by atoms with van der Waals surface area (Å²) in [6.07, 6.45) is -1.78. The largest absolute Gasteiger partial charge is 0.341 e. The van der Waals surface area contributed by atoms with Crippen molar-refractivity contribution in [1.29, 1.82) is 0 Å². The summed E-state index contributed by atoms with van der Waals surface area (Å²) in [7, 11) is 1.62. The molecule has 2 aliphatic rings. The van der Waals surface area contributed by atoms with E-state index in [0.717, 1.165) is 0 Å². The van der Waals surface area contributed by atoms with Gasteiger partial charge in [0.05, 0.1) is 24.5 Å². The molecule has 0 bridgehead atoms. The maximum absolute atomic E-state index is 14.0. The highest BCUT2D eigenvalue weighted by atomic mass is 19.1. The van der Waals surface area contributed by atoms with Crippen molar-refractivity contribution < 1.29 is 18.7 Å². The lowest BCUT2D eigenvalue weighted by Crippen LogP contribution is -2.37. The Kier molecular flexibility index (Phi) is 1.79. The molecule has 1 spiro atoms. The lowest BCUT2D eigenvalue weighted by atomic mass is 10.1. The number of carbonyl (C=O) groups is 1. The van der Waals surface area contributed by atoms with Crippen molar-refractivity contribution in [2.45, 2.75) is 18.9 Å². The van der Waals surface area contributed by atoms with Gasteiger partial charge < -0.3 is 9.47 Å². The van der Waals surface area contributed by atoms with Crippen LogP contribution in [0.15, 0.2) is 0 Å². The van der Waals surface area contributed by atoms with Gasteiger partial charge in [0.1, 0.15) is 5.69 Å². The van der Waals surface area contributed by atoms with E-state index >= 15 is 0 Å². The van der Waals surface area contributed by atoms with Crippen molar-refractivity contribution in [3.05, 3.63) is 17.0 Å². The summed E-state index contributed by atoms with van der Waals surface area (Å²) in [4.78, 5) is 11.8. The van der Waals surface area contributed by atoms with E-state index in [2.05, 4.69) is 5.10 Å². The predicted octanol–water partition coefficient (Wildman–Crippen LogP) is 0.463. The van der Waals surface area contributed by atoms with Gasteiger partial charge >= 0.3 is 0 Å². The molecule has 3 rings (SSSR count). The first-order chi connectivity index (χ1) is 7.58. The number of carbonyl (C=O) groups excluding carboxylic acids is 1. The fraction of sp³-hybridized carbons (Fsp3) is 0.600. The van der Waals surface area contributed by atoms with Crippen LogP contribution in [0, 0.1) is 6.92 Å². The molecule has 2 heterocycles. The van der Waals surface area contributed by atoms with E-state index < -0.39 is 17.7 Å². The lowest BCUT2D eigenvalue weighted by molar-refractivity contribution is -0.191. The smallest absolute Gasteiger partial charge is 0.239 e. The van der Waals surface area contributed by atoms with Crippen LogP contribution in [-0.2, 0) is 22.3 Å². The second kappa shape index (κ2) is 2.89. The van der Waals surface area contributed by atoms with Crippen LogP contribution in [0.3, 0.4) is 0 Å². The normalized spacial score (nSPS) is 26.7. The SMILES string of the molecule is Cc1nn(C)c2c1C1(OCCO1)C(F)C2=O. The van der Waals surface area contributed by atoms with E-state index in [1.807, 2.05) is 0 Å². The number of hydrogen-bond donors (Lipinski definition) is 0. The van der Waals surface area contributed by atoms with E-state index in [1.165, 1.54) is 4.68 Å². The predicted molar refractivity (Wildman–Crippen MR) is 50.8 cm³/mol. The quantitative estimate of drug-likeness (QED) is 0.645. The van der Waals surface area contributed by atoms with Gasteiger partial charge in [-0.05, 0) is 6.92 Å². The molecule has 0 radical (unpaired) electrons. The number of alkyl halides is 1. The lowest BCUT2D eigenvalue weighted by Gasteiger charge is -2.23. The number of Topliss-reactive ketones (excluding diaryl/α,β-unsaturated/α-hetero) is 1. The molecular weight excluding hydrogens is 215 g/mol. The summed E-state index contributed by atoms with van der Waals surface area (Å²) in [6.45, 7) is 2.31. The summed E-state index contributed by atoms with van der Waals surface area (Å²) in [6, 6.07) is 0. The van der Waals surface area contributed by atoms with E-state index in [9.17, 15) is 9.18 Å². The molecule has 1 atom stereocenters. The molecule has 1 fully saturated rings. The number of rotatable bonds is 0. The van der Waals surface area contributed by atoms with Crippen molar-refractivity contribution in [2.75, 3.05) is 13.2 Å². The molecule has 0 amide bonds. The third kappa shape index (κ3) is 0.916. The Morgan fingerprint density at radius 1 is 1.50 bits per heavy atom. The van der Waals surface area contributed by atoms with Crippen LogP contribution in [0.4, 0.5) is 4.39 Å². The summed E-state index contributed by atoms with van der Waals surface area (Å²) in [5, 5.41) is 4.11. The number of aromatic nitrogens is 2. The number of hydrogen-bond acceptors (Lipinski definition) is 4. The molecule has 1 aromatic heterocycles. The molecule has 6 heteroatoms. The fourth-order valence-corrected chi connectivity index (χ4v) is 2.50. The van der Waals surface area contributed by atoms with Gasteiger partial charge in [0.15, 0.2) is 0 Å². The number of halogens is 1. The van der Waals surface area contributed by atoms with Crippen LogP contribution in [0.1, 0.15) is 21.7 Å². The molecule has 86 valence electrons. The van der Waals surface area contributed by atoms with E-state index in [-0.39, 0.29) is 5.69 Å². The second-order valence-electron chi connectivity index (χ2n) is 4.02. The maximum Gasteiger partial charge on any atom is 0.239 e. The van der Waals surface area contributed by atoms with E-state index in [0.29, 0.717) is 24.5 Å². The molecule has 0 aromatic carbocycles. The Balaban J connectivity index is 2.28. The number of ketones is 1. The van der Waals surface area contributed by atoms with Crippen LogP contribution in [0.25, 0.3) is 0 Å². The first-order valence-electron chi connectivity index (χ1n) is 5.08. The van der Waals surface area contributed by atoms with Gasteiger partial charge in [-0.25, -0.2) is 4.39 Å².